The van der Waals surface area contributed by atoms with Gasteiger partial charge < -0.3 is 15.5 Å². The summed E-state index contributed by atoms with van der Waals surface area (Å²) in [5.41, 5.74) is 2.74. The highest BCUT2D eigenvalue weighted by molar-refractivity contribution is 6.06. The zero-order valence-corrected chi connectivity index (χ0v) is 18.0. The zero-order valence-electron chi connectivity index (χ0n) is 18.0. The Morgan fingerprint density at radius 3 is 2.44 bits per heavy atom. The van der Waals surface area contributed by atoms with E-state index in [1.165, 1.54) is 0 Å². The lowest BCUT2D eigenvalue weighted by Crippen LogP contribution is -2.49. The van der Waals surface area contributed by atoms with E-state index in [4.69, 9.17) is 0 Å². The molecule has 164 valence electrons. The first-order chi connectivity index (χ1) is 15.7. The fourth-order valence-electron chi connectivity index (χ4n) is 3.88. The van der Waals surface area contributed by atoms with Crippen molar-refractivity contribution in [2.75, 3.05) is 50.0 Å². The van der Waals surface area contributed by atoms with Crippen molar-refractivity contribution in [1.82, 2.24) is 20.2 Å². The van der Waals surface area contributed by atoms with E-state index in [1.807, 2.05) is 36.4 Å². The van der Waals surface area contributed by atoms with E-state index in [1.54, 1.807) is 37.8 Å². The van der Waals surface area contributed by atoms with E-state index in [0.29, 0.717) is 16.8 Å². The molecule has 1 aliphatic heterocycles. The number of hydrogen-bond donors (Lipinski definition) is 2. The van der Waals surface area contributed by atoms with Gasteiger partial charge in [0.25, 0.3) is 5.91 Å². The molecule has 0 spiro atoms. The van der Waals surface area contributed by atoms with E-state index >= 15 is 0 Å². The molecule has 0 radical (unpaired) electrons. The maximum absolute atomic E-state index is 12.9. The number of aromatic nitrogens is 2. The van der Waals surface area contributed by atoms with Gasteiger partial charge in [0, 0.05) is 62.4 Å². The Bertz CT molecular complexity index is 1070. The van der Waals surface area contributed by atoms with Crippen LogP contribution in [0.1, 0.15) is 10.4 Å². The van der Waals surface area contributed by atoms with Crippen molar-refractivity contribution in [2.45, 2.75) is 0 Å². The van der Waals surface area contributed by atoms with Crippen molar-refractivity contribution in [1.29, 1.82) is 0 Å². The molecule has 2 amide bonds. The molecule has 1 aromatic heterocycles. The highest BCUT2D eigenvalue weighted by atomic mass is 16.2. The van der Waals surface area contributed by atoms with Crippen LogP contribution < -0.4 is 15.5 Å². The number of piperazine rings is 1. The standard InChI is InChI=1S/C24H26N6O2/c1-25-24(32)19-8-5-9-20(23(19)18-6-3-2-4-7-18)28-22(31)17-29-12-14-30(15-13-29)21-16-26-10-11-27-21/h2-11,16H,12-15,17H2,1H3,(H,25,32)(H,28,31). The number of carbonyl (C=O) groups excluding carboxylic acids is 2. The van der Waals surface area contributed by atoms with Gasteiger partial charge in [-0.1, -0.05) is 36.4 Å². The van der Waals surface area contributed by atoms with Gasteiger partial charge in [-0.05, 0) is 17.7 Å². The molecule has 0 aliphatic carbocycles. The number of rotatable bonds is 6. The van der Waals surface area contributed by atoms with Crippen molar-refractivity contribution in [2.24, 2.45) is 0 Å². The topological polar surface area (TPSA) is 90.5 Å². The van der Waals surface area contributed by atoms with Gasteiger partial charge in [0.2, 0.25) is 5.91 Å². The Morgan fingerprint density at radius 1 is 0.969 bits per heavy atom. The summed E-state index contributed by atoms with van der Waals surface area (Å²) in [5, 5.41) is 5.70. The third-order valence-electron chi connectivity index (χ3n) is 5.49. The first kappa shape index (κ1) is 21.5. The Morgan fingerprint density at radius 2 is 1.75 bits per heavy atom. The smallest absolute Gasteiger partial charge is 0.251 e. The molecule has 1 fully saturated rings. The number of amides is 2. The molecular weight excluding hydrogens is 404 g/mol. The van der Waals surface area contributed by atoms with Crippen LogP contribution in [0.15, 0.2) is 67.1 Å². The van der Waals surface area contributed by atoms with Crippen LogP contribution in [0, 0.1) is 0 Å². The largest absolute Gasteiger partial charge is 0.355 e. The lowest BCUT2D eigenvalue weighted by Gasteiger charge is -2.34. The van der Waals surface area contributed by atoms with Crippen LogP contribution in [-0.4, -0.2) is 66.5 Å². The number of benzene rings is 2. The Hall–Kier alpha value is -3.78. The lowest BCUT2D eigenvalue weighted by atomic mass is 9.97. The predicted molar refractivity (Wildman–Crippen MR) is 125 cm³/mol. The van der Waals surface area contributed by atoms with Crippen molar-refractivity contribution in [3.8, 4) is 11.1 Å². The third-order valence-corrected chi connectivity index (χ3v) is 5.49. The minimum absolute atomic E-state index is 0.107. The summed E-state index contributed by atoms with van der Waals surface area (Å²) in [5.74, 6) is 0.555. The van der Waals surface area contributed by atoms with Gasteiger partial charge in [0.15, 0.2) is 0 Å². The quantitative estimate of drug-likeness (QED) is 0.624. The van der Waals surface area contributed by atoms with Crippen LogP contribution in [0.4, 0.5) is 11.5 Å². The Balaban J connectivity index is 1.45. The molecule has 0 unspecified atom stereocenters. The number of nitrogens with one attached hydrogen (secondary N) is 2. The predicted octanol–water partition coefficient (Wildman–Crippen LogP) is 2.26. The Kier molecular flexibility index (Phi) is 6.72. The van der Waals surface area contributed by atoms with Crippen LogP contribution in [-0.2, 0) is 4.79 Å². The fourth-order valence-corrected chi connectivity index (χ4v) is 3.88. The summed E-state index contributed by atoms with van der Waals surface area (Å²) >= 11 is 0. The van der Waals surface area contributed by atoms with Crippen molar-refractivity contribution < 1.29 is 9.59 Å². The van der Waals surface area contributed by atoms with Gasteiger partial charge in [0.05, 0.1) is 12.7 Å². The maximum Gasteiger partial charge on any atom is 0.251 e. The molecule has 2 heterocycles. The summed E-state index contributed by atoms with van der Waals surface area (Å²) in [6.45, 7) is 3.37. The third kappa shape index (κ3) is 4.92. The molecule has 32 heavy (non-hydrogen) atoms. The summed E-state index contributed by atoms with van der Waals surface area (Å²) in [6, 6.07) is 15.0. The second kappa shape index (κ2) is 10.0. The number of nitrogens with zero attached hydrogens (tertiary/aromatic N) is 4. The second-order valence-corrected chi connectivity index (χ2v) is 7.55. The van der Waals surface area contributed by atoms with E-state index < -0.39 is 0 Å². The molecule has 2 N–H and O–H groups in total. The summed E-state index contributed by atoms with van der Waals surface area (Å²) in [7, 11) is 1.60. The molecule has 8 nitrogen and oxygen atoms in total. The summed E-state index contributed by atoms with van der Waals surface area (Å²) in [6.07, 6.45) is 5.10. The maximum atomic E-state index is 12.9. The van der Waals surface area contributed by atoms with Gasteiger partial charge in [-0.3, -0.25) is 19.5 Å². The van der Waals surface area contributed by atoms with Crippen LogP contribution in [0.3, 0.4) is 0 Å². The summed E-state index contributed by atoms with van der Waals surface area (Å²) in [4.78, 5) is 38.1. The Labute approximate surface area is 187 Å². The molecule has 2 aromatic carbocycles. The van der Waals surface area contributed by atoms with Gasteiger partial charge in [-0.15, -0.1) is 0 Å². The minimum Gasteiger partial charge on any atom is -0.355 e. The van der Waals surface area contributed by atoms with E-state index in [0.717, 1.165) is 37.6 Å². The van der Waals surface area contributed by atoms with Gasteiger partial charge >= 0.3 is 0 Å². The molecule has 4 rings (SSSR count). The van der Waals surface area contributed by atoms with Crippen LogP contribution in [0.25, 0.3) is 11.1 Å². The molecule has 0 saturated carbocycles. The van der Waals surface area contributed by atoms with E-state index in [-0.39, 0.29) is 18.4 Å². The van der Waals surface area contributed by atoms with Gasteiger partial charge in [-0.25, -0.2) is 4.98 Å². The fraction of sp³-hybridized carbons (Fsp3) is 0.250. The number of hydrogen-bond acceptors (Lipinski definition) is 6. The average Bonchev–Trinajstić information content (AvgIpc) is 2.85. The average molecular weight is 431 g/mol. The molecule has 8 heteroatoms. The van der Waals surface area contributed by atoms with E-state index in [2.05, 4.69) is 30.4 Å². The highest BCUT2D eigenvalue weighted by Crippen LogP contribution is 2.31. The van der Waals surface area contributed by atoms with Crippen LogP contribution >= 0.6 is 0 Å². The second-order valence-electron chi connectivity index (χ2n) is 7.55. The zero-order chi connectivity index (χ0) is 22.3. The first-order valence-electron chi connectivity index (χ1n) is 10.6. The van der Waals surface area contributed by atoms with E-state index in [9.17, 15) is 9.59 Å². The van der Waals surface area contributed by atoms with Crippen molar-refractivity contribution in [3.63, 3.8) is 0 Å². The molecule has 1 aliphatic rings. The van der Waals surface area contributed by atoms with Crippen LogP contribution in [0.2, 0.25) is 0 Å². The minimum atomic E-state index is -0.194. The normalized spacial score (nSPS) is 14.1. The number of carbonyl (C=O) groups is 2. The van der Waals surface area contributed by atoms with Crippen molar-refractivity contribution in [3.05, 3.63) is 72.7 Å². The van der Waals surface area contributed by atoms with Gasteiger partial charge in [0.1, 0.15) is 5.82 Å². The monoisotopic (exact) mass is 430 g/mol. The van der Waals surface area contributed by atoms with Gasteiger partial charge in [-0.2, -0.15) is 0 Å². The number of anilines is 2. The van der Waals surface area contributed by atoms with Crippen LogP contribution in [0.5, 0.6) is 0 Å². The SMILES string of the molecule is CNC(=O)c1cccc(NC(=O)CN2CCN(c3cnccn3)CC2)c1-c1ccccc1. The molecular formula is C24H26N6O2. The first-order valence-corrected chi connectivity index (χ1v) is 10.6. The molecule has 3 aromatic rings. The lowest BCUT2D eigenvalue weighted by molar-refractivity contribution is -0.117. The molecule has 0 bridgehead atoms. The van der Waals surface area contributed by atoms with Crippen molar-refractivity contribution >= 4 is 23.3 Å². The summed E-state index contributed by atoms with van der Waals surface area (Å²) < 4.78 is 0. The highest BCUT2D eigenvalue weighted by Gasteiger charge is 2.21. The molecule has 0 atom stereocenters. The molecule has 1 saturated heterocycles.